The summed E-state index contributed by atoms with van der Waals surface area (Å²) in [5.41, 5.74) is 4.65. The summed E-state index contributed by atoms with van der Waals surface area (Å²) in [6, 6.07) is 15.6. The Morgan fingerprint density at radius 2 is 1.39 bits per heavy atom. The fraction of sp³-hybridized carbons (Fsp3) is 0.481. The number of fused-ring (bicyclic) bond motifs is 3. The molecule has 2 aromatic rings. The molecular formula is C27H40N2O3S. The van der Waals surface area contributed by atoms with Crippen molar-refractivity contribution >= 4 is 24.6 Å². The molecule has 1 unspecified atom stereocenters. The third-order valence-electron chi connectivity index (χ3n) is 4.99. The third-order valence-corrected chi connectivity index (χ3v) is 5.35. The van der Waals surface area contributed by atoms with Crippen LogP contribution in [0.25, 0.3) is 11.1 Å². The quantitative estimate of drug-likeness (QED) is 0.421. The first kappa shape index (κ1) is 28.6. The highest BCUT2D eigenvalue weighted by Gasteiger charge is 2.29. The van der Waals surface area contributed by atoms with Gasteiger partial charge in [0.1, 0.15) is 12.6 Å². The molecule has 1 atom stereocenters. The van der Waals surface area contributed by atoms with Gasteiger partial charge in [0.15, 0.2) is 0 Å². The number of alkyl carbamates (subject to hydrolysis) is 1. The molecule has 2 N–H and O–H groups in total. The van der Waals surface area contributed by atoms with Crippen LogP contribution in [-0.4, -0.2) is 36.9 Å². The van der Waals surface area contributed by atoms with Crippen LogP contribution in [0.3, 0.4) is 0 Å². The molecule has 1 aliphatic carbocycles. The molecule has 0 bridgehead atoms. The Morgan fingerprint density at radius 1 is 0.909 bits per heavy atom. The lowest BCUT2D eigenvalue weighted by atomic mass is 9.98. The predicted molar refractivity (Wildman–Crippen MR) is 141 cm³/mol. The largest absolute Gasteiger partial charge is 0.449 e. The van der Waals surface area contributed by atoms with Gasteiger partial charge in [-0.15, -0.1) is 0 Å². The Kier molecular flexibility index (Phi) is 14.0. The average Bonchev–Trinajstić information content (AvgIpc) is 3.15. The van der Waals surface area contributed by atoms with Crippen LogP contribution in [0.5, 0.6) is 0 Å². The van der Waals surface area contributed by atoms with Crippen molar-refractivity contribution in [3.8, 4) is 11.1 Å². The molecular weight excluding hydrogens is 432 g/mol. The Balaban J connectivity index is 0.000000688. The number of nitrogens with one attached hydrogen (secondary N) is 2. The molecule has 0 spiro atoms. The third kappa shape index (κ3) is 8.77. The minimum Gasteiger partial charge on any atom is -0.449 e. The summed E-state index contributed by atoms with van der Waals surface area (Å²) in [5, 5.41) is 5.24. The van der Waals surface area contributed by atoms with Gasteiger partial charge in [0.2, 0.25) is 5.91 Å². The van der Waals surface area contributed by atoms with E-state index in [4.69, 9.17) is 4.74 Å². The number of carbonyl (C=O) groups is 2. The number of ether oxygens (including phenoxy) is 1. The number of hydrogen-bond acceptors (Lipinski definition) is 4. The van der Waals surface area contributed by atoms with Crippen molar-refractivity contribution in [2.24, 2.45) is 0 Å². The second-order valence-corrected chi connectivity index (χ2v) is 8.17. The molecule has 0 fully saturated rings. The summed E-state index contributed by atoms with van der Waals surface area (Å²) in [6.07, 6.45) is 3.28. The van der Waals surface area contributed by atoms with Crippen molar-refractivity contribution in [3.63, 3.8) is 0 Å². The van der Waals surface area contributed by atoms with Crippen LogP contribution in [0, 0.1) is 0 Å². The van der Waals surface area contributed by atoms with Crippen LogP contribution in [0.2, 0.25) is 0 Å². The summed E-state index contributed by atoms with van der Waals surface area (Å²) in [6.45, 7) is 11.1. The monoisotopic (exact) mass is 472 g/mol. The van der Waals surface area contributed by atoms with E-state index in [0.717, 1.165) is 11.1 Å². The van der Waals surface area contributed by atoms with Gasteiger partial charge in [-0.2, -0.15) is 12.6 Å². The zero-order chi connectivity index (χ0) is 24.6. The Bertz CT molecular complexity index is 809. The lowest BCUT2D eigenvalue weighted by molar-refractivity contribution is -0.122. The van der Waals surface area contributed by atoms with Gasteiger partial charge in [0, 0.05) is 18.2 Å². The smallest absolute Gasteiger partial charge is 0.407 e. The van der Waals surface area contributed by atoms with Crippen LogP contribution in [-0.2, 0) is 9.53 Å². The summed E-state index contributed by atoms with van der Waals surface area (Å²) < 4.78 is 5.44. The molecule has 2 aromatic carbocycles. The molecule has 5 nitrogen and oxygen atoms in total. The second kappa shape index (κ2) is 16.2. The molecule has 1 aliphatic rings. The molecule has 0 heterocycles. The fourth-order valence-corrected chi connectivity index (χ4v) is 3.53. The lowest BCUT2D eigenvalue weighted by Crippen LogP contribution is -2.48. The number of amides is 2. The summed E-state index contributed by atoms with van der Waals surface area (Å²) in [7, 11) is 0. The molecule has 6 heteroatoms. The Hall–Kier alpha value is -2.47. The van der Waals surface area contributed by atoms with E-state index in [9.17, 15) is 9.59 Å². The van der Waals surface area contributed by atoms with Gasteiger partial charge in [-0.3, -0.25) is 4.79 Å². The average molecular weight is 473 g/mol. The normalized spacial score (nSPS) is 12.1. The minimum atomic E-state index is -0.714. The maximum Gasteiger partial charge on any atom is 0.407 e. The topological polar surface area (TPSA) is 67.4 Å². The van der Waals surface area contributed by atoms with Crippen LogP contribution in [0.15, 0.2) is 48.5 Å². The predicted octanol–water partition coefficient (Wildman–Crippen LogP) is 6.18. The highest BCUT2D eigenvalue weighted by atomic mass is 32.1. The van der Waals surface area contributed by atoms with Crippen molar-refractivity contribution in [1.29, 1.82) is 0 Å². The van der Waals surface area contributed by atoms with E-state index in [1.54, 1.807) is 0 Å². The summed E-state index contributed by atoms with van der Waals surface area (Å²) >= 11 is 4.12. The van der Waals surface area contributed by atoms with Gasteiger partial charge in [-0.05, 0) is 29.2 Å². The van der Waals surface area contributed by atoms with Crippen molar-refractivity contribution in [2.75, 3.05) is 18.9 Å². The van der Waals surface area contributed by atoms with Gasteiger partial charge in [-0.25, -0.2) is 4.79 Å². The minimum absolute atomic E-state index is 0.00734. The van der Waals surface area contributed by atoms with Crippen LogP contribution >= 0.6 is 12.6 Å². The van der Waals surface area contributed by atoms with Gasteiger partial charge in [0.25, 0.3) is 0 Å². The number of unbranched alkanes of at least 4 members (excludes halogenated alkanes) is 1. The zero-order valence-electron chi connectivity index (χ0n) is 20.7. The molecule has 0 aromatic heterocycles. The highest BCUT2D eigenvalue weighted by molar-refractivity contribution is 7.80. The van der Waals surface area contributed by atoms with Crippen molar-refractivity contribution in [1.82, 2.24) is 10.6 Å². The standard InChI is InChI=1S/C20H22N2O3S.C4H10.C3H8/c1-2-21-19(23)18(12-26)22-20(24)25-11-17-15-9-5-3-7-13(15)14-8-4-6-10-16(14)17;1-3-4-2;1-3-2/h3-10,17-18,26H,2,11-12H2,1H3,(H,21,23)(H,22,24);3-4H2,1-2H3;3H2,1-2H3. The van der Waals surface area contributed by atoms with Gasteiger partial charge >= 0.3 is 6.09 Å². The zero-order valence-corrected chi connectivity index (χ0v) is 21.6. The van der Waals surface area contributed by atoms with E-state index in [0.29, 0.717) is 6.54 Å². The van der Waals surface area contributed by atoms with Crippen LogP contribution in [0.1, 0.15) is 70.9 Å². The van der Waals surface area contributed by atoms with E-state index >= 15 is 0 Å². The van der Waals surface area contributed by atoms with E-state index in [-0.39, 0.29) is 24.2 Å². The first-order valence-electron chi connectivity index (χ1n) is 12.0. The van der Waals surface area contributed by atoms with E-state index in [1.165, 1.54) is 30.4 Å². The molecule has 0 saturated carbocycles. The Morgan fingerprint density at radius 3 is 1.82 bits per heavy atom. The van der Waals surface area contributed by atoms with Crippen LogP contribution in [0.4, 0.5) is 4.79 Å². The van der Waals surface area contributed by atoms with E-state index in [1.807, 2.05) is 31.2 Å². The van der Waals surface area contributed by atoms with Gasteiger partial charge < -0.3 is 15.4 Å². The molecule has 0 radical (unpaired) electrons. The second-order valence-electron chi connectivity index (χ2n) is 7.81. The summed E-state index contributed by atoms with van der Waals surface area (Å²) in [5.74, 6) is -0.0705. The fourth-order valence-electron chi connectivity index (χ4n) is 3.27. The van der Waals surface area contributed by atoms with Crippen LogP contribution < -0.4 is 10.6 Å². The summed E-state index contributed by atoms with van der Waals surface area (Å²) in [4.78, 5) is 24.0. The number of hydrogen-bond donors (Lipinski definition) is 3. The molecule has 33 heavy (non-hydrogen) atoms. The Labute approximate surface area is 205 Å². The number of rotatable bonds is 7. The molecule has 2 amide bonds. The first-order valence-corrected chi connectivity index (χ1v) is 12.6. The number of thiol groups is 1. The molecule has 0 saturated heterocycles. The maximum absolute atomic E-state index is 12.2. The molecule has 3 rings (SSSR count). The number of likely N-dealkylation sites (N-methyl/N-ethyl adjacent to an activating group) is 1. The molecule has 182 valence electrons. The van der Waals surface area contributed by atoms with Gasteiger partial charge in [0.05, 0.1) is 0 Å². The lowest BCUT2D eigenvalue weighted by Gasteiger charge is -2.18. The van der Waals surface area contributed by atoms with Crippen molar-refractivity contribution < 1.29 is 14.3 Å². The SMILES string of the molecule is CCC.CCCC.CCNC(=O)C(CS)NC(=O)OCC1c2ccccc2-c2ccccc21. The number of carbonyl (C=O) groups excluding carboxylic acids is 2. The first-order chi connectivity index (χ1) is 16.0. The highest BCUT2D eigenvalue weighted by Crippen LogP contribution is 2.44. The van der Waals surface area contributed by atoms with E-state index in [2.05, 4.69) is 75.2 Å². The molecule has 0 aliphatic heterocycles. The van der Waals surface area contributed by atoms with E-state index < -0.39 is 12.1 Å². The maximum atomic E-state index is 12.2. The van der Waals surface area contributed by atoms with Crippen molar-refractivity contribution in [2.45, 2.75) is 65.8 Å². The number of benzene rings is 2. The van der Waals surface area contributed by atoms with Crippen molar-refractivity contribution in [3.05, 3.63) is 59.7 Å². The van der Waals surface area contributed by atoms with Gasteiger partial charge in [-0.1, -0.05) is 95.5 Å².